The maximum Gasteiger partial charge on any atom is 0.168 e. The number of aliphatic hydroxyl groups is 1. The van der Waals surface area contributed by atoms with Crippen molar-refractivity contribution in [3.05, 3.63) is 16.1 Å². The Bertz CT molecular complexity index is 403. The van der Waals surface area contributed by atoms with Crippen molar-refractivity contribution in [1.29, 1.82) is 0 Å². The quantitative estimate of drug-likeness (QED) is 0.872. The summed E-state index contributed by atoms with van der Waals surface area (Å²) in [6.45, 7) is 2.62. The SMILES string of the molecule is CC(O)Cc1c(O)c(Br)cc2c1OCCO2. The molecule has 4 nitrogen and oxygen atoms in total. The second-order valence-electron chi connectivity index (χ2n) is 3.76. The molecule has 1 aliphatic rings. The number of hydrogen-bond donors (Lipinski definition) is 2. The van der Waals surface area contributed by atoms with Crippen molar-refractivity contribution < 1.29 is 19.7 Å². The maximum atomic E-state index is 9.91. The van der Waals surface area contributed by atoms with E-state index in [0.717, 1.165) is 0 Å². The standard InChI is InChI=1S/C11H13BrO4/c1-6(13)4-7-10(14)8(12)5-9-11(7)16-3-2-15-9/h5-6,13-14H,2-4H2,1H3. The van der Waals surface area contributed by atoms with Crippen molar-refractivity contribution >= 4 is 15.9 Å². The summed E-state index contributed by atoms with van der Waals surface area (Å²) in [7, 11) is 0. The van der Waals surface area contributed by atoms with Gasteiger partial charge in [0.05, 0.1) is 10.6 Å². The van der Waals surface area contributed by atoms with Crippen LogP contribution in [-0.4, -0.2) is 29.5 Å². The molecule has 0 fully saturated rings. The predicted octanol–water partition coefficient (Wildman–Crippen LogP) is 1.85. The first-order valence-corrected chi connectivity index (χ1v) is 5.87. The molecule has 0 amide bonds. The molecular formula is C11H13BrO4. The molecule has 0 saturated heterocycles. The van der Waals surface area contributed by atoms with E-state index < -0.39 is 6.10 Å². The van der Waals surface area contributed by atoms with E-state index in [0.29, 0.717) is 41.2 Å². The van der Waals surface area contributed by atoms with Gasteiger partial charge in [0, 0.05) is 18.1 Å². The lowest BCUT2D eigenvalue weighted by molar-refractivity contribution is 0.162. The summed E-state index contributed by atoms with van der Waals surface area (Å²) in [6.07, 6.45) is -0.216. The summed E-state index contributed by atoms with van der Waals surface area (Å²) >= 11 is 3.25. The van der Waals surface area contributed by atoms with Crippen LogP contribution in [0.2, 0.25) is 0 Å². The van der Waals surface area contributed by atoms with Crippen LogP contribution in [0.4, 0.5) is 0 Å². The van der Waals surface area contributed by atoms with E-state index in [9.17, 15) is 10.2 Å². The summed E-state index contributed by atoms with van der Waals surface area (Å²) in [5, 5.41) is 19.3. The second kappa shape index (κ2) is 4.51. The lowest BCUT2D eigenvalue weighted by Gasteiger charge is -2.23. The zero-order chi connectivity index (χ0) is 11.7. The monoisotopic (exact) mass is 288 g/mol. The molecule has 1 aromatic carbocycles. The van der Waals surface area contributed by atoms with Gasteiger partial charge in [0.1, 0.15) is 19.0 Å². The highest BCUT2D eigenvalue weighted by molar-refractivity contribution is 9.10. The maximum absolute atomic E-state index is 9.91. The first kappa shape index (κ1) is 11.5. The number of benzene rings is 1. The summed E-state index contributed by atoms with van der Waals surface area (Å²) in [5.41, 5.74) is 0.582. The number of ether oxygens (including phenoxy) is 2. The number of aromatic hydroxyl groups is 1. The molecule has 1 unspecified atom stereocenters. The van der Waals surface area contributed by atoms with Gasteiger partial charge in [-0.1, -0.05) is 0 Å². The largest absolute Gasteiger partial charge is 0.506 e. The Morgan fingerprint density at radius 1 is 1.44 bits per heavy atom. The molecule has 1 aliphatic heterocycles. The van der Waals surface area contributed by atoms with E-state index in [4.69, 9.17) is 9.47 Å². The van der Waals surface area contributed by atoms with Crippen LogP contribution < -0.4 is 9.47 Å². The van der Waals surface area contributed by atoms with Crippen LogP contribution in [0, 0.1) is 0 Å². The number of hydrogen-bond acceptors (Lipinski definition) is 4. The predicted molar refractivity (Wildman–Crippen MR) is 62.2 cm³/mol. The van der Waals surface area contributed by atoms with Crippen molar-refractivity contribution in [2.24, 2.45) is 0 Å². The number of phenolic OH excluding ortho intramolecular Hbond substituents is 1. The van der Waals surface area contributed by atoms with Crippen LogP contribution in [0.3, 0.4) is 0 Å². The van der Waals surface area contributed by atoms with E-state index in [1.54, 1.807) is 13.0 Å². The molecule has 0 spiro atoms. The number of phenols is 1. The van der Waals surface area contributed by atoms with E-state index >= 15 is 0 Å². The Balaban J connectivity index is 2.50. The van der Waals surface area contributed by atoms with Crippen molar-refractivity contribution in [2.75, 3.05) is 13.2 Å². The zero-order valence-corrected chi connectivity index (χ0v) is 10.5. The fourth-order valence-electron chi connectivity index (χ4n) is 1.69. The molecule has 0 radical (unpaired) electrons. The minimum atomic E-state index is -0.546. The Morgan fingerprint density at radius 3 is 2.81 bits per heavy atom. The van der Waals surface area contributed by atoms with Crippen LogP contribution in [0.15, 0.2) is 10.5 Å². The van der Waals surface area contributed by atoms with Crippen LogP contribution in [0.1, 0.15) is 12.5 Å². The van der Waals surface area contributed by atoms with Gasteiger partial charge in [-0.25, -0.2) is 0 Å². The third kappa shape index (κ3) is 2.10. The van der Waals surface area contributed by atoms with Gasteiger partial charge in [-0.3, -0.25) is 0 Å². The van der Waals surface area contributed by atoms with E-state index in [1.807, 2.05) is 0 Å². The summed E-state index contributed by atoms with van der Waals surface area (Å²) in [6, 6.07) is 1.68. The minimum Gasteiger partial charge on any atom is -0.506 e. The molecule has 0 bridgehead atoms. The van der Waals surface area contributed by atoms with Crippen LogP contribution >= 0.6 is 15.9 Å². The lowest BCUT2D eigenvalue weighted by atomic mass is 10.1. The number of fused-ring (bicyclic) bond motifs is 1. The van der Waals surface area contributed by atoms with E-state index in [2.05, 4.69) is 15.9 Å². The summed E-state index contributed by atoms with van der Waals surface area (Å²) < 4.78 is 11.5. The Hall–Kier alpha value is -0.940. The van der Waals surface area contributed by atoms with Crippen molar-refractivity contribution in [2.45, 2.75) is 19.4 Å². The molecule has 0 aromatic heterocycles. The highest BCUT2D eigenvalue weighted by Gasteiger charge is 2.22. The molecule has 0 saturated carbocycles. The fraction of sp³-hybridized carbons (Fsp3) is 0.455. The van der Waals surface area contributed by atoms with Gasteiger partial charge < -0.3 is 19.7 Å². The molecule has 2 rings (SSSR count). The zero-order valence-electron chi connectivity index (χ0n) is 8.86. The van der Waals surface area contributed by atoms with Crippen molar-refractivity contribution in [3.8, 4) is 17.2 Å². The van der Waals surface area contributed by atoms with Crippen LogP contribution in [0.5, 0.6) is 17.2 Å². The Morgan fingerprint density at radius 2 is 2.12 bits per heavy atom. The Kier molecular flexibility index (Phi) is 3.25. The van der Waals surface area contributed by atoms with Gasteiger partial charge in [0.25, 0.3) is 0 Å². The highest BCUT2D eigenvalue weighted by atomic mass is 79.9. The second-order valence-corrected chi connectivity index (χ2v) is 4.62. The van der Waals surface area contributed by atoms with Gasteiger partial charge in [-0.2, -0.15) is 0 Å². The third-order valence-electron chi connectivity index (χ3n) is 2.35. The average Bonchev–Trinajstić information content (AvgIpc) is 2.24. The first-order chi connectivity index (χ1) is 7.59. The molecule has 2 N–H and O–H groups in total. The van der Waals surface area contributed by atoms with Gasteiger partial charge in [0.2, 0.25) is 0 Å². The van der Waals surface area contributed by atoms with Gasteiger partial charge in [-0.15, -0.1) is 0 Å². The number of aliphatic hydroxyl groups excluding tert-OH is 1. The van der Waals surface area contributed by atoms with Gasteiger partial charge in [0.15, 0.2) is 11.5 Å². The van der Waals surface area contributed by atoms with Gasteiger partial charge >= 0.3 is 0 Å². The van der Waals surface area contributed by atoms with E-state index in [1.165, 1.54) is 0 Å². The molecule has 16 heavy (non-hydrogen) atoms. The lowest BCUT2D eigenvalue weighted by Crippen LogP contribution is -2.18. The summed E-state index contributed by atoms with van der Waals surface area (Å²) in [4.78, 5) is 0. The molecule has 0 aliphatic carbocycles. The highest BCUT2D eigenvalue weighted by Crippen LogP contribution is 2.44. The number of halogens is 1. The average molecular weight is 289 g/mol. The Labute approximate surface area is 102 Å². The minimum absolute atomic E-state index is 0.102. The molecule has 1 heterocycles. The molecular weight excluding hydrogens is 276 g/mol. The van der Waals surface area contributed by atoms with Crippen LogP contribution in [0.25, 0.3) is 0 Å². The normalized spacial score (nSPS) is 15.9. The molecule has 5 heteroatoms. The van der Waals surface area contributed by atoms with Gasteiger partial charge in [-0.05, 0) is 22.9 Å². The molecule has 1 atom stereocenters. The van der Waals surface area contributed by atoms with Crippen LogP contribution in [-0.2, 0) is 6.42 Å². The van der Waals surface area contributed by atoms with E-state index in [-0.39, 0.29) is 5.75 Å². The number of rotatable bonds is 2. The topological polar surface area (TPSA) is 58.9 Å². The smallest absolute Gasteiger partial charge is 0.168 e. The third-order valence-corrected chi connectivity index (χ3v) is 2.96. The van der Waals surface area contributed by atoms with Crippen molar-refractivity contribution in [3.63, 3.8) is 0 Å². The first-order valence-electron chi connectivity index (χ1n) is 5.07. The van der Waals surface area contributed by atoms with Crippen molar-refractivity contribution in [1.82, 2.24) is 0 Å². The fourth-order valence-corrected chi connectivity index (χ4v) is 2.14. The molecule has 88 valence electrons. The molecule has 1 aromatic rings. The summed E-state index contributed by atoms with van der Waals surface area (Å²) in [5.74, 6) is 1.24.